The molecule has 0 radical (unpaired) electrons. The number of aryl methyl sites for hydroxylation is 1. The molecule has 0 aromatic heterocycles. The second-order valence-electron chi connectivity index (χ2n) is 8.26. The maximum absolute atomic E-state index is 11.5. The van der Waals surface area contributed by atoms with Crippen LogP contribution in [0, 0.1) is 12.8 Å². The zero-order valence-corrected chi connectivity index (χ0v) is 17.9. The Balaban J connectivity index is 1.33. The summed E-state index contributed by atoms with van der Waals surface area (Å²) in [5.41, 5.74) is 1.66. The minimum atomic E-state index is -0.944. The highest BCUT2D eigenvalue weighted by atomic mass is 16.5. The number of hydrogen-bond acceptors (Lipinski definition) is 5. The van der Waals surface area contributed by atoms with Gasteiger partial charge in [-0.2, -0.15) is 0 Å². The molecule has 2 aromatic rings. The van der Waals surface area contributed by atoms with Gasteiger partial charge in [0, 0.05) is 17.5 Å². The van der Waals surface area contributed by atoms with Gasteiger partial charge in [-0.3, -0.25) is 0 Å². The van der Waals surface area contributed by atoms with E-state index < -0.39 is 5.97 Å². The Kier molecular flexibility index (Phi) is 6.75. The molecule has 1 saturated carbocycles. The molecular formula is C25H29NO5. The molecule has 2 aromatic carbocycles. The van der Waals surface area contributed by atoms with Crippen molar-refractivity contribution >= 4 is 11.9 Å². The van der Waals surface area contributed by atoms with Crippen molar-refractivity contribution in [1.82, 2.24) is 0 Å². The van der Waals surface area contributed by atoms with Gasteiger partial charge in [0.05, 0.1) is 5.56 Å². The number of rotatable bonds is 8. The lowest BCUT2D eigenvalue weighted by atomic mass is 9.89. The Morgan fingerprint density at radius 2 is 1.84 bits per heavy atom. The molecule has 2 aliphatic rings. The van der Waals surface area contributed by atoms with Gasteiger partial charge in [-0.1, -0.05) is 43.5 Å². The van der Waals surface area contributed by atoms with Crippen molar-refractivity contribution in [3.8, 4) is 11.5 Å². The number of hydrogen-bond donors (Lipinski definition) is 1. The summed E-state index contributed by atoms with van der Waals surface area (Å²) in [6.45, 7) is 3.00. The number of aliphatic imine (C=N–C) groups is 1. The van der Waals surface area contributed by atoms with Crippen molar-refractivity contribution < 1.29 is 24.1 Å². The van der Waals surface area contributed by atoms with Crippen molar-refractivity contribution in [2.75, 3.05) is 13.2 Å². The zero-order valence-electron chi connectivity index (χ0n) is 17.9. The summed E-state index contributed by atoms with van der Waals surface area (Å²) in [7, 11) is 0. The van der Waals surface area contributed by atoms with Gasteiger partial charge in [0.15, 0.2) is 5.90 Å². The van der Waals surface area contributed by atoms with E-state index in [1.165, 1.54) is 32.1 Å². The number of ether oxygens (including phenoxy) is 3. The van der Waals surface area contributed by atoms with Crippen LogP contribution in [0.4, 0.5) is 0 Å². The minimum absolute atomic E-state index is 0.0203. The number of nitrogens with zero attached hydrogens (tertiary/aromatic N) is 1. The predicted octanol–water partition coefficient (Wildman–Crippen LogP) is 5.03. The van der Waals surface area contributed by atoms with Crippen molar-refractivity contribution in [2.45, 2.75) is 51.7 Å². The molecule has 1 aliphatic carbocycles. The Labute approximate surface area is 182 Å². The van der Waals surface area contributed by atoms with Gasteiger partial charge in [-0.25, -0.2) is 9.79 Å². The Morgan fingerprint density at radius 3 is 2.61 bits per heavy atom. The Hall–Kier alpha value is -3.02. The maximum Gasteiger partial charge on any atom is 0.336 e. The zero-order chi connectivity index (χ0) is 21.6. The summed E-state index contributed by atoms with van der Waals surface area (Å²) in [5.74, 6) is 1.78. The van der Waals surface area contributed by atoms with E-state index in [0.29, 0.717) is 41.8 Å². The lowest BCUT2D eigenvalue weighted by Crippen LogP contribution is -2.17. The summed E-state index contributed by atoms with van der Waals surface area (Å²) in [6.07, 6.45) is 6.19. The summed E-state index contributed by atoms with van der Waals surface area (Å²) in [4.78, 5) is 16.3. The summed E-state index contributed by atoms with van der Waals surface area (Å²) < 4.78 is 17.6. The van der Waals surface area contributed by atoms with Gasteiger partial charge in [0.25, 0.3) is 0 Å². The molecule has 164 valence electrons. The number of benzene rings is 2. The largest absolute Gasteiger partial charge is 0.491 e. The first kappa shape index (κ1) is 21.2. The predicted molar refractivity (Wildman–Crippen MR) is 118 cm³/mol. The van der Waals surface area contributed by atoms with Crippen LogP contribution in [-0.2, 0) is 11.3 Å². The third-order valence-electron chi connectivity index (χ3n) is 5.90. The Bertz CT molecular complexity index is 949. The molecule has 1 N–H and O–H groups in total. The topological polar surface area (TPSA) is 77.3 Å². The second-order valence-corrected chi connectivity index (χ2v) is 8.26. The van der Waals surface area contributed by atoms with Crippen molar-refractivity contribution in [3.05, 3.63) is 59.2 Å². The van der Waals surface area contributed by atoms with Gasteiger partial charge >= 0.3 is 5.97 Å². The molecule has 31 heavy (non-hydrogen) atoms. The number of carboxylic acids is 1. The van der Waals surface area contributed by atoms with Crippen LogP contribution in [0.15, 0.2) is 47.5 Å². The van der Waals surface area contributed by atoms with E-state index in [4.69, 9.17) is 19.2 Å². The van der Waals surface area contributed by atoms with E-state index in [0.717, 1.165) is 11.5 Å². The Morgan fingerprint density at radius 1 is 1.10 bits per heavy atom. The molecule has 1 atom stereocenters. The molecule has 0 amide bonds. The van der Waals surface area contributed by atoms with Crippen LogP contribution >= 0.6 is 0 Å². The average molecular weight is 424 g/mol. The summed E-state index contributed by atoms with van der Waals surface area (Å²) in [5, 5.41) is 9.47. The monoisotopic (exact) mass is 423 g/mol. The third kappa shape index (κ3) is 5.37. The lowest BCUT2D eigenvalue weighted by molar-refractivity contribution is 0.0693. The van der Waals surface area contributed by atoms with Crippen LogP contribution in [0.1, 0.15) is 53.6 Å². The molecular weight excluding hydrogens is 394 g/mol. The molecule has 0 spiro atoms. The van der Waals surface area contributed by atoms with E-state index >= 15 is 0 Å². The first-order chi connectivity index (χ1) is 15.1. The highest BCUT2D eigenvalue weighted by Crippen LogP contribution is 2.28. The van der Waals surface area contributed by atoms with E-state index in [9.17, 15) is 9.90 Å². The molecule has 6 heteroatoms. The minimum Gasteiger partial charge on any atom is -0.491 e. The highest BCUT2D eigenvalue weighted by Gasteiger charge is 2.27. The van der Waals surface area contributed by atoms with Gasteiger partial charge < -0.3 is 19.3 Å². The van der Waals surface area contributed by atoms with Crippen LogP contribution < -0.4 is 9.47 Å². The van der Waals surface area contributed by atoms with Gasteiger partial charge in [-0.05, 0) is 37.5 Å². The molecule has 1 heterocycles. The van der Waals surface area contributed by atoms with Crippen LogP contribution in [-0.4, -0.2) is 36.2 Å². The summed E-state index contributed by atoms with van der Waals surface area (Å²) in [6, 6.07) is 12.8. The van der Waals surface area contributed by atoms with Crippen molar-refractivity contribution in [1.29, 1.82) is 0 Å². The normalized spacial score (nSPS) is 18.9. The van der Waals surface area contributed by atoms with Gasteiger partial charge in [0.1, 0.15) is 37.4 Å². The second kappa shape index (κ2) is 9.86. The fourth-order valence-electron chi connectivity index (χ4n) is 4.26. The van der Waals surface area contributed by atoms with Gasteiger partial charge in [0.2, 0.25) is 0 Å². The van der Waals surface area contributed by atoms with E-state index in [1.807, 2.05) is 30.3 Å². The SMILES string of the molecule is Cc1cccc(COc2cccc(OCC3COC(C4CCCCC4)=N3)c2)c1C(=O)O. The van der Waals surface area contributed by atoms with E-state index in [-0.39, 0.29) is 12.6 Å². The molecule has 0 saturated heterocycles. The van der Waals surface area contributed by atoms with Crippen molar-refractivity contribution in [3.63, 3.8) is 0 Å². The number of aromatic carboxylic acids is 1. The lowest BCUT2D eigenvalue weighted by Gasteiger charge is -2.20. The maximum atomic E-state index is 11.5. The summed E-state index contributed by atoms with van der Waals surface area (Å²) >= 11 is 0. The fraction of sp³-hybridized carbons (Fsp3) is 0.440. The first-order valence-electron chi connectivity index (χ1n) is 11.0. The van der Waals surface area contributed by atoms with Crippen molar-refractivity contribution in [2.24, 2.45) is 10.9 Å². The molecule has 6 nitrogen and oxygen atoms in total. The van der Waals surface area contributed by atoms with Crippen LogP contribution in [0.5, 0.6) is 11.5 Å². The van der Waals surface area contributed by atoms with Gasteiger partial charge in [-0.15, -0.1) is 0 Å². The molecule has 1 aliphatic heterocycles. The number of carbonyl (C=O) groups is 1. The smallest absolute Gasteiger partial charge is 0.336 e. The standard InChI is InChI=1S/C25H29NO5/c1-17-7-5-10-19(23(17)25(27)28)14-29-21-11-6-12-22(13-21)30-15-20-16-31-24(26-20)18-8-3-2-4-9-18/h5-7,10-13,18,20H,2-4,8-9,14-16H2,1H3,(H,27,28). The third-order valence-corrected chi connectivity index (χ3v) is 5.90. The van der Waals surface area contributed by atoms with E-state index in [2.05, 4.69) is 0 Å². The van der Waals surface area contributed by atoms with Crippen LogP contribution in [0.2, 0.25) is 0 Å². The van der Waals surface area contributed by atoms with Crippen LogP contribution in [0.3, 0.4) is 0 Å². The molecule has 0 bridgehead atoms. The average Bonchev–Trinajstić information content (AvgIpc) is 3.26. The quantitative estimate of drug-likeness (QED) is 0.644. The van der Waals surface area contributed by atoms with E-state index in [1.54, 1.807) is 19.1 Å². The number of carboxylic acid groups (broad SMARTS) is 1. The first-order valence-corrected chi connectivity index (χ1v) is 11.0. The molecule has 1 unspecified atom stereocenters. The molecule has 4 rings (SSSR count). The van der Waals surface area contributed by atoms with Crippen LogP contribution in [0.25, 0.3) is 0 Å². The molecule has 1 fully saturated rings. The highest BCUT2D eigenvalue weighted by molar-refractivity contribution is 5.91. The fourth-order valence-corrected chi connectivity index (χ4v) is 4.26.